The Morgan fingerprint density at radius 3 is 2.50 bits per heavy atom. The zero-order valence-electron chi connectivity index (χ0n) is 11.1. The van der Waals surface area contributed by atoms with Crippen LogP contribution in [0.4, 0.5) is 0 Å². The van der Waals surface area contributed by atoms with Crippen LogP contribution in [0.25, 0.3) is 0 Å². The van der Waals surface area contributed by atoms with Gasteiger partial charge < -0.3 is 19.7 Å². The fourth-order valence-electron chi connectivity index (χ4n) is 2.23. The van der Waals surface area contributed by atoms with Gasteiger partial charge in [0.25, 0.3) is 0 Å². The Morgan fingerprint density at radius 2 is 2.00 bits per heavy atom. The van der Waals surface area contributed by atoms with Crippen LogP contribution in [0.3, 0.4) is 0 Å². The van der Waals surface area contributed by atoms with Crippen LogP contribution in [0.1, 0.15) is 12.0 Å². The van der Waals surface area contributed by atoms with E-state index in [-0.39, 0.29) is 0 Å². The maximum atomic E-state index is 5.24. The molecule has 100 valence electrons. The molecule has 6 heteroatoms. The molecular weight excluding hydrogens is 232 g/mol. The van der Waals surface area contributed by atoms with Gasteiger partial charge in [-0.3, -0.25) is 0 Å². The Labute approximate surface area is 107 Å². The Kier molecular flexibility index (Phi) is 4.33. The first-order valence-corrected chi connectivity index (χ1v) is 6.08. The number of likely N-dealkylation sites (tertiary alicyclic amines) is 1. The third-order valence-electron chi connectivity index (χ3n) is 3.21. The van der Waals surface area contributed by atoms with Gasteiger partial charge in [-0.1, -0.05) is 0 Å². The Hall–Kier alpha value is -1.40. The van der Waals surface area contributed by atoms with Crippen LogP contribution in [-0.4, -0.2) is 55.3 Å². The van der Waals surface area contributed by atoms with Crippen LogP contribution in [0.15, 0.2) is 6.33 Å². The minimum atomic E-state index is 0.504. The van der Waals surface area contributed by atoms with Gasteiger partial charge >= 0.3 is 0 Å². The van der Waals surface area contributed by atoms with E-state index in [1.165, 1.54) is 6.33 Å². The van der Waals surface area contributed by atoms with Crippen LogP contribution in [-0.2, 0) is 6.54 Å². The van der Waals surface area contributed by atoms with Gasteiger partial charge in [0.15, 0.2) is 0 Å². The van der Waals surface area contributed by atoms with E-state index in [0.29, 0.717) is 24.3 Å². The van der Waals surface area contributed by atoms with Crippen molar-refractivity contribution >= 4 is 0 Å². The Balaban J connectivity index is 2.03. The number of aromatic nitrogens is 2. The molecule has 1 saturated heterocycles. The van der Waals surface area contributed by atoms with Gasteiger partial charge in [0.05, 0.1) is 19.8 Å². The van der Waals surface area contributed by atoms with Crippen LogP contribution in [0, 0.1) is 0 Å². The normalized spacial score (nSPS) is 20.1. The van der Waals surface area contributed by atoms with E-state index in [2.05, 4.69) is 27.2 Å². The molecule has 6 nitrogen and oxygen atoms in total. The first-order valence-electron chi connectivity index (χ1n) is 6.08. The molecule has 0 radical (unpaired) electrons. The van der Waals surface area contributed by atoms with Gasteiger partial charge in [-0.15, -0.1) is 0 Å². The lowest BCUT2D eigenvalue weighted by Gasteiger charge is -2.15. The molecule has 1 unspecified atom stereocenters. The third-order valence-corrected chi connectivity index (χ3v) is 3.21. The molecule has 1 N–H and O–H groups in total. The van der Waals surface area contributed by atoms with Gasteiger partial charge in [-0.25, -0.2) is 9.97 Å². The SMILES string of the molecule is COc1ncnc(OC)c1CNC1CCN(C)C1. The molecule has 0 aliphatic carbocycles. The van der Waals surface area contributed by atoms with Gasteiger partial charge in [-0.2, -0.15) is 0 Å². The molecule has 0 aromatic carbocycles. The standard InChI is InChI=1S/C12H20N4O2/c1-16-5-4-9(7-16)13-6-10-11(17-2)14-8-15-12(10)18-3/h8-9,13H,4-7H2,1-3H3. The average Bonchev–Trinajstić information content (AvgIpc) is 2.81. The summed E-state index contributed by atoms with van der Waals surface area (Å²) in [7, 11) is 5.34. The predicted molar refractivity (Wildman–Crippen MR) is 67.9 cm³/mol. The van der Waals surface area contributed by atoms with Crippen molar-refractivity contribution in [3.8, 4) is 11.8 Å². The van der Waals surface area contributed by atoms with Crippen molar-refractivity contribution < 1.29 is 9.47 Å². The van der Waals surface area contributed by atoms with Crippen LogP contribution in [0.2, 0.25) is 0 Å². The second kappa shape index (κ2) is 5.97. The highest BCUT2D eigenvalue weighted by molar-refractivity contribution is 5.34. The van der Waals surface area contributed by atoms with E-state index in [4.69, 9.17) is 9.47 Å². The number of likely N-dealkylation sites (N-methyl/N-ethyl adjacent to an activating group) is 1. The van der Waals surface area contributed by atoms with Crippen LogP contribution < -0.4 is 14.8 Å². The zero-order valence-corrected chi connectivity index (χ0v) is 11.1. The maximum Gasteiger partial charge on any atom is 0.224 e. The highest BCUT2D eigenvalue weighted by Crippen LogP contribution is 2.23. The van der Waals surface area contributed by atoms with E-state index in [9.17, 15) is 0 Å². The summed E-state index contributed by atoms with van der Waals surface area (Å²) in [6.07, 6.45) is 2.61. The lowest BCUT2D eigenvalue weighted by atomic mass is 10.2. The molecule has 0 amide bonds. The first kappa shape index (κ1) is 13.0. The summed E-state index contributed by atoms with van der Waals surface area (Å²) in [5.74, 6) is 1.14. The van der Waals surface area contributed by atoms with Crippen molar-refractivity contribution in [3.63, 3.8) is 0 Å². The van der Waals surface area contributed by atoms with Gasteiger partial charge in [0.1, 0.15) is 6.33 Å². The summed E-state index contributed by atoms with van der Waals surface area (Å²) in [5.41, 5.74) is 0.872. The quantitative estimate of drug-likeness (QED) is 0.812. The highest BCUT2D eigenvalue weighted by atomic mass is 16.5. The van der Waals surface area contributed by atoms with E-state index in [0.717, 1.165) is 25.1 Å². The van der Waals surface area contributed by atoms with Crippen molar-refractivity contribution in [2.24, 2.45) is 0 Å². The molecule has 2 rings (SSSR count). The molecule has 1 atom stereocenters. The minimum absolute atomic E-state index is 0.504. The largest absolute Gasteiger partial charge is 0.481 e. The lowest BCUT2D eigenvalue weighted by Crippen LogP contribution is -2.31. The molecule has 18 heavy (non-hydrogen) atoms. The van der Waals surface area contributed by atoms with E-state index in [1.54, 1.807) is 14.2 Å². The van der Waals surface area contributed by atoms with E-state index >= 15 is 0 Å². The number of nitrogens with zero attached hydrogens (tertiary/aromatic N) is 3. The Morgan fingerprint density at radius 1 is 1.33 bits per heavy atom. The monoisotopic (exact) mass is 252 g/mol. The summed E-state index contributed by atoms with van der Waals surface area (Å²) in [6, 6.07) is 0.504. The van der Waals surface area contributed by atoms with Crippen molar-refractivity contribution in [2.45, 2.75) is 19.0 Å². The van der Waals surface area contributed by atoms with Gasteiger partial charge in [0, 0.05) is 19.1 Å². The lowest BCUT2D eigenvalue weighted by molar-refractivity contribution is 0.354. The summed E-state index contributed by atoms with van der Waals surface area (Å²) in [6.45, 7) is 2.86. The van der Waals surface area contributed by atoms with Crippen molar-refractivity contribution in [1.82, 2.24) is 20.2 Å². The average molecular weight is 252 g/mol. The number of nitrogens with one attached hydrogen (secondary N) is 1. The summed E-state index contributed by atoms with van der Waals surface area (Å²) < 4.78 is 10.5. The summed E-state index contributed by atoms with van der Waals surface area (Å²) in [4.78, 5) is 10.5. The number of ether oxygens (including phenoxy) is 2. The molecule has 1 aromatic rings. The van der Waals surface area contributed by atoms with Gasteiger partial charge in [-0.05, 0) is 20.0 Å². The van der Waals surface area contributed by atoms with Crippen LogP contribution in [0.5, 0.6) is 11.8 Å². The molecule has 0 saturated carbocycles. The maximum absolute atomic E-state index is 5.24. The molecule has 1 fully saturated rings. The summed E-state index contributed by atoms with van der Waals surface area (Å²) in [5, 5.41) is 3.50. The fraction of sp³-hybridized carbons (Fsp3) is 0.667. The highest BCUT2D eigenvalue weighted by Gasteiger charge is 2.20. The first-order chi connectivity index (χ1) is 8.74. The molecule has 1 aliphatic heterocycles. The number of hydrogen-bond donors (Lipinski definition) is 1. The molecule has 1 aromatic heterocycles. The second-order valence-electron chi connectivity index (χ2n) is 4.50. The predicted octanol–water partition coefficient (Wildman–Crippen LogP) is 0.288. The van der Waals surface area contributed by atoms with Crippen molar-refractivity contribution in [1.29, 1.82) is 0 Å². The number of rotatable bonds is 5. The molecule has 0 bridgehead atoms. The van der Waals surface area contributed by atoms with Crippen molar-refractivity contribution in [2.75, 3.05) is 34.4 Å². The fourth-order valence-corrected chi connectivity index (χ4v) is 2.23. The minimum Gasteiger partial charge on any atom is -0.481 e. The third kappa shape index (κ3) is 2.88. The zero-order chi connectivity index (χ0) is 13.0. The van der Waals surface area contributed by atoms with E-state index in [1.807, 2.05) is 0 Å². The summed E-state index contributed by atoms with van der Waals surface area (Å²) >= 11 is 0. The second-order valence-corrected chi connectivity index (χ2v) is 4.50. The van der Waals surface area contributed by atoms with Crippen molar-refractivity contribution in [3.05, 3.63) is 11.9 Å². The van der Waals surface area contributed by atoms with Gasteiger partial charge in [0.2, 0.25) is 11.8 Å². The Bertz CT molecular complexity index is 377. The van der Waals surface area contributed by atoms with Crippen LogP contribution >= 0.6 is 0 Å². The number of methoxy groups -OCH3 is 2. The topological polar surface area (TPSA) is 59.5 Å². The molecule has 0 spiro atoms. The molecule has 1 aliphatic rings. The smallest absolute Gasteiger partial charge is 0.224 e. The molecular formula is C12H20N4O2. The number of hydrogen-bond acceptors (Lipinski definition) is 6. The molecule has 2 heterocycles. The van der Waals surface area contributed by atoms with E-state index < -0.39 is 0 Å².